The van der Waals surface area contributed by atoms with E-state index in [1.165, 1.54) is 0 Å². The Labute approximate surface area is 166 Å². The lowest BCUT2D eigenvalue weighted by molar-refractivity contribution is 1.31. The second-order valence-electron chi connectivity index (χ2n) is 6.55. The second-order valence-corrected chi connectivity index (χ2v) is 7.50. The number of pyridine rings is 2. The monoisotopic (exact) mass is 380 g/mol. The minimum absolute atomic E-state index is 0.0667. The average Bonchev–Trinajstić information content (AvgIpc) is 3.28. The number of rotatable bonds is 3. The Kier molecular flexibility index (Phi) is 4.11. The summed E-state index contributed by atoms with van der Waals surface area (Å²) >= 11 is 1.58. The summed E-state index contributed by atoms with van der Waals surface area (Å²) in [6.45, 7) is 0. The van der Waals surface area contributed by atoms with Gasteiger partial charge in [-0.1, -0.05) is 48.5 Å². The average molecular weight is 380 g/mol. The van der Waals surface area contributed by atoms with Crippen molar-refractivity contribution in [3.05, 3.63) is 101 Å². The van der Waals surface area contributed by atoms with E-state index in [9.17, 15) is 4.79 Å². The number of H-pyrrole nitrogens is 1. The Morgan fingerprint density at radius 1 is 0.786 bits per heavy atom. The molecule has 0 atom stereocenters. The number of benzene rings is 2. The van der Waals surface area contributed by atoms with E-state index in [-0.39, 0.29) is 5.56 Å². The van der Waals surface area contributed by atoms with Crippen molar-refractivity contribution in [1.29, 1.82) is 0 Å². The molecule has 2 aromatic carbocycles. The first-order chi connectivity index (χ1) is 13.8. The summed E-state index contributed by atoms with van der Waals surface area (Å²) in [6.07, 6.45) is 3.63. The molecule has 0 radical (unpaired) electrons. The van der Waals surface area contributed by atoms with Crippen LogP contribution < -0.4 is 5.56 Å². The van der Waals surface area contributed by atoms with Gasteiger partial charge in [0.2, 0.25) is 0 Å². The number of thiophene rings is 1. The van der Waals surface area contributed by atoms with E-state index in [1.54, 1.807) is 17.5 Å². The van der Waals surface area contributed by atoms with Gasteiger partial charge < -0.3 is 4.98 Å². The van der Waals surface area contributed by atoms with E-state index in [0.717, 1.165) is 43.6 Å². The molecule has 4 heteroatoms. The lowest BCUT2D eigenvalue weighted by Crippen LogP contribution is -2.10. The van der Waals surface area contributed by atoms with Gasteiger partial charge in [-0.25, -0.2) is 0 Å². The third kappa shape index (κ3) is 2.84. The molecule has 3 aromatic heterocycles. The third-order valence-corrected chi connectivity index (χ3v) is 5.72. The third-order valence-electron chi connectivity index (χ3n) is 4.84. The quantitative estimate of drug-likeness (QED) is 0.418. The number of nitrogens with zero attached hydrogens (tertiary/aromatic N) is 1. The van der Waals surface area contributed by atoms with Crippen LogP contribution in [-0.2, 0) is 0 Å². The minimum atomic E-state index is -0.0667. The number of hydrogen-bond acceptors (Lipinski definition) is 3. The van der Waals surface area contributed by atoms with Crippen molar-refractivity contribution in [1.82, 2.24) is 9.97 Å². The molecule has 5 aromatic rings. The molecule has 0 amide bonds. The molecule has 0 aliphatic heterocycles. The zero-order valence-corrected chi connectivity index (χ0v) is 15.7. The smallest absolute Gasteiger partial charge is 0.257 e. The summed E-state index contributed by atoms with van der Waals surface area (Å²) < 4.78 is 0. The van der Waals surface area contributed by atoms with Crippen LogP contribution in [0.3, 0.4) is 0 Å². The number of aromatic amines is 1. The van der Waals surface area contributed by atoms with E-state index in [0.29, 0.717) is 0 Å². The van der Waals surface area contributed by atoms with Crippen molar-refractivity contribution in [3.63, 3.8) is 0 Å². The first-order valence-electron chi connectivity index (χ1n) is 9.01. The Bertz CT molecular complexity index is 1320. The van der Waals surface area contributed by atoms with Crippen molar-refractivity contribution >= 4 is 22.2 Å². The molecule has 3 heterocycles. The van der Waals surface area contributed by atoms with Crippen LogP contribution in [-0.4, -0.2) is 9.97 Å². The Morgan fingerprint density at radius 3 is 2.46 bits per heavy atom. The highest BCUT2D eigenvalue weighted by Crippen LogP contribution is 2.38. The van der Waals surface area contributed by atoms with E-state index in [1.807, 2.05) is 60.1 Å². The molecular formula is C24H16N2OS. The molecule has 3 nitrogen and oxygen atoms in total. The SMILES string of the molecule is O=c1[nH]c2ccccc2c(-c2cccc(-c3cccnc3)c2)c1-c1cccs1. The number of para-hydroxylation sites is 1. The maximum absolute atomic E-state index is 13.0. The van der Waals surface area contributed by atoms with Crippen LogP contribution >= 0.6 is 11.3 Å². The van der Waals surface area contributed by atoms with Crippen LogP contribution in [0.5, 0.6) is 0 Å². The molecule has 134 valence electrons. The van der Waals surface area contributed by atoms with Gasteiger partial charge in [0, 0.05) is 39.3 Å². The van der Waals surface area contributed by atoms with Crippen molar-refractivity contribution in [2.75, 3.05) is 0 Å². The van der Waals surface area contributed by atoms with Gasteiger partial charge in [0.05, 0.1) is 5.56 Å². The van der Waals surface area contributed by atoms with E-state index < -0.39 is 0 Å². The highest BCUT2D eigenvalue weighted by atomic mass is 32.1. The Morgan fingerprint density at radius 2 is 1.64 bits per heavy atom. The normalized spacial score (nSPS) is 11.0. The Balaban J connectivity index is 1.84. The first kappa shape index (κ1) is 16.7. The molecule has 0 spiro atoms. The van der Waals surface area contributed by atoms with Gasteiger partial charge in [-0.15, -0.1) is 11.3 Å². The summed E-state index contributed by atoms with van der Waals surface area (Å²) in [7, 11) is 0. The fourth-order valence-corrected chi connectivity index (χ4v) is 4.36. The maximum Gasteiger partial charge on any atom is 0.257 e. The van der Waals surface area contributed by atoms with Crippen molar-refractivity contribution in [2.24, 2.45) is 0 Å². The molecule has 0 aliphatic rings. The van der Waals surface area contributed by atoms with Crippen LogP contribution in [0, 0.1) is 0 Å². The number of aromatic nitrogens is 2. The summed E-state index contributed by atoms with van der Waals surface area (Å²) in [5, 5.41) is 3.04. The molecule has 0 aliphatic carbocycles. The zero-order chi connectivity index (χ0) is 18.9. The molecule has 0 saturated heterocycles. The summed E-state index contributed by atoms with van der Waals surface area (Å²) in [4.78, 5) is 21.3. The minimum Gasteiger partial charge on any atom is -0.321 e. The zero-order valence-electron chi connectivity index (χ0n) is 14.9. The van der Waals surface area contributed by atoms with Crippen LogP contribution in [0.4, 0.5) is 0 Å². The van der Waals surface area contributed by atoms with Gasteiger partial charge in [0.25, 0.3) is 5.56 Å². The standard InChI is InChI=1S/C24H16N2OS/c27-24-23(21-11-5-13-28-21)22(19-9-1-2-10-20(19)26-24)17-7-3-6-16(14-17)18-8-4-12-25-15-18/h1-15H,(H,26,27). The molecule has 0 saturated carbocycles. The molecule has 1 N–H and O–H groups in total. The van der Waals surface area contributed by atoms with Gasteiger partial charge in [-0.05, 0) is 40.8 Å². The van der Waals surface area contributed by atoms with Gasteiger partial charge in [0.15, 0.2) is 0 Å². The van der Waals surface area contributed by atoms with Gasteiger partial charge in [-0.2, -0.15) is 0 Å². The predicted octanol–water partition coefficient (Wildman–Crippen LogP) is 5.99. The van der Waals surface area contributed by atoms with Crippen molar-refractivity contribution in [3.8, 4) is 32.7 Å². The van der Waals surface area contributed by atoms with Gasteiger partial charge in [-0.3, -0.25) is 9.78 Å². The van der Waals surface area contributed by atoms with E-state index in [2.05, 4.69) is 34.2 Å². The van der Waals surface area contributed by atoms with Crippen LogP contribution in [0.1, 0.15) is 0 Å². The number of hydrogen-bond donors (Lipinski definition) is 1. The maximum atomic E-state index is 13.0. The van der Waals surface area contributed by atoms with Crippen LogP contribution in [0.25, 0.3) is 43.6 Å². The van der Waals surface area contributed by atoms with Crippen molar-refractivity contribution in [2.45, 2.75) is 0 Å². The van der Waals surface area contributed by atoms with E-state index in [4.69, 9.17) is 0 Å². The number of fused-ring (bicyclic) bond motifs is 1. The molecule has 5 rings (SSSR count). The molecule has 0 unspecified atom stereocenters. The number of nitrogens with one attached hydrogen (secondary N) is 1. The largest absolute Gasteiger partial charge is 0.321 e. The second kappa shape index (κ2) is 6.91. The predicted molar refractivity (Wildman–Crippen MR) is 117 cm³/mol. The van der Waals surface area contributed by atoms with Crippen LogP contribution in [0.2, 0.25) is 0 Å². The van der Waals surface area contributed by atoms with E-state index >= 15 is 0 Å². The molecule has 0 fully saturated rings. The van der Waals surface area contributed by atoms with Crippen molar-refractivity contribution < 1.29 is 0 Å². The Hall–Kier alpha value is -3.50. The lowest BCUT2D eigenvalue weighted by atomic mass is 9.93. The van der Waals surface area contributed by atoms with Crippen LogP contribution in [0.15, 0.2) is 95.4 Å². The first-order valence-corrected chi connectivity index (χ1v) is 9.89. The highest BCUT2D eigenvalue weighted by molar-refractivity contribution is 7.13. The van der Waals surface area contributed by atoms with Gasteiger partial charge in [0.1, 0.15) is 0 Å². The summed E-state index contributed by atoms with van der Waals surface area (Å²) in [6, 6.07) is 24.2. The molecule has 0 bridgehead atoms. The van der Waals surface area contributed by atoms with Gasteiger partial charge >= 0.3 is 0 Å². The fraction of sp³-hybridized carbons (Fsp3) is 0. The lowest BCUT2D eigenvalue weighted by Gasteiger charge is -2.13. The molecule has 28 heavy (non-hydrogen) atoms. The molecular weight excluding hydrogens is 364 g/mol. The summed E-state index contributed by atoms with van der Waals surface area (Å²) in [5.41, 5.74) is 5.61. The topological polar surface area (TPSA) is 45.8 Å². The highest BCUT2D eigenvalue weighted by Gasteiger charge is 2.17. The summed E-state index contributed by atoms with van der Waals surface area (Å²) in [5.74, 6) is 0. The fourth-order valence-electron chi connectivity index (χ4n) is 3.59.